The van der Waals surface area contributed by atoms with Gasteiger partial charge >= 0.3 is 6.03 Å². The Morgan fingerprint density at radius 1 is 1.39 bits per heavy atom. The zero-order chi connectivity index (χ0) is 16.7. The summed E-state index contributed by atoms with van der Waals surface area (Å²) < 4.78 is 7.30. The molecular weight excluding hydrogens is 292 g/mol. The summed E-state index contributed by atoms with van der Waals surface area (Å²) in [6.45, 7) is 0.988. The minimum absolute atomic E-state index is 0.132. The van der Waals surface area contributed by atoms with E-state index in [0.717, 1.165) is 12.1 Å². The molecule has 0 bridgehead atoms. The monoisotopic (exact) mass is 316 g/mol. The Bertz CT molecular complexity index is 612. The number of amides is 2. The first-order valence-electron chi connectivity index (χ1n) is 7.64. The topological polar surface area (TPSA) is 59.4 Å². The van der Waals surface area contributed by atoms with Crippen molar-refractivity contribution in [3.8, 4) is 0 Å². The number of aromatic nitrogens is 2. The lowest BCUT2D eigenvalue weighted by atomic mass is 10.2. The SMILES string of the molecule is COC[C@@H](c1ccccn1)N(C)C(=O)NCCc1cccn1C. The Hall–Kier alpha value is -2.34. The van der Waals surface area contributed by atoms with Crippen molar-refractivity contribution >= 4 is 6.03 Å². The molecule has 2 heterocycles. The maximum Gasteiger partial charge on any atom is 0.317 e. The Balaban J connectivity index is 1.92. The molecule has 0 fully saturated rings. The van der Waals surface area contributed by atoms with E-state index < -0.39 is 0 Å². The predicted octanol–water partition coefficient (Wildman–Crippen LogP) is 1.99. The highest BCUT2D eigenvalue weighted by molar-refractivity contribution is 5.74. The number of nitrogens with zero attached hydrogens (tertiary/aromatic N) is 3. The van der Waals surface area contributed by atoms with E-state index >= 15 is 0 Å². The van der Waals surface area contributed by atoms with E-state index in [9.17, 15) is 4.79 Å². The number of hydrogen-bond donors (Lipinski definition) is 1. The van der Waals surface area contributed by atoms with Crippen LogP contribution < -0.4 is 5.32 Å². The third-order valence-electron chi connectivity index (χ3n) is 3.85. The zero-order valence-corrected chi connectivity index (χ0v) is 13.9. The van der Waals surface area contributed by atoms with Gasteiger partial charge in [-0.3, -0.25) is 4.98 Å². The maximum atomic E-state index is 12.4. The molecule has 0 aliphatic heterocycles. The first-order valence-corrected chi connectivity index (χ1v) is 7.64. The van der Waals surface area contributed by atoms with Crippen LogP contribution in [-0.4, -0.2) is 47.8 Å². The zero-order valence-electron chi connectivity index (χ0n) is 13.9. The number of likely N-dealkylation sites (N-methyl/N-ethyl adjacent to an activating group) is 1. The second-order valence-electron chi connectivity index (χ2n) is 5.43. The summed E-state index contributed by atoms with van der Waals surface area (Å²) in [4.78, 5) is 18.3. The Morgan fingerprint density at radius 3 is 2.83 bits per heavy atom. The van der Waals surface area contributed by atoms with Crippen LogP contribution in [0.3, 0.4) is 0 Å². The number of nitrogens with one attached hydrogen (secondary N) is 1. The molecule has 0 aliphatic carbocycles. The van der Waals surface area contributed by atoms with Crippen molar-refractivity contribution in [1.82, 2.24) is 19.8 Å². The highest BCUT2D eigenvalue weighted by atomic mass is 16.5. The molecule has 2 rings (SSSR count). The number of carbonyl (C=O) groups excluding carboxylic acids is 1. The van der Waals surface area contributed by atoms with Crippen molar-refractivity contribution in [1.29, 1.82) is 0 Å². The number of ether oxygens (including phenoxy) is 1. The summed E-state index contributed by atoms with van der Waals surface area (Å²) in [5, 5.41) is 2.95. The fourth-order valence-electron chi connectivity index (χ4n) is 2.45. The lowest BCUT2D eigenvalue weighted by Gasteiger charge is -2.27. The highest BCUT2D eigenvalue weighted by Crippen LogP contribution is 2.17. The number of urea groups is 1. The summed E-state index contributed by atoms with van der Waals surface area (Å²) in [6.07, 6.45) is 4.51. The molecule has 0 aliphatic rings. The first-order chi connectivity index (χ1) is 11.1. The standard InChI is InChI=1S/C17H24N4O2/c1-20-12-6-7-14(20)9-11-19-17(22)21(2)16(13-23-3)15-8-4-5-10-18-15/h4-8,10,12,16H,9,11,13H2,1-3H3,(H,19,22)/t16-/m0/s1. The lowest BCUT2D eigenvalue weighted by Crippen LogP contribution is -2.42. The van der Waals surface area contributed by atoms with Gasteiger partial charge in [-0.05, 0) is 24.3 Å². The van der Waals surface area contributed by atoms with Crippen LogP contribution in [0.4, 0.5) is 4.79 Å². The second kappa shape index (κ2) is 8.33. The van der Waals surface area contributed by atoms with Gasteiger partial charge in [0, 0.05) is 52.3 Å². The average Bonchev–Trinajstić information content (AvgIpc) is 2.98. The number of methoxy groups -OCH3 is 1. The molecule has 6 heteroatoms. The molecule has 1 N–H and O–H groups in total. The molecule has 1 atom stereocenters. The van der Waals surface area contributed by atoms with E-state index in [4.69, 9.17) is 4.74 Å². The van der Waals surface area contributed by atoms with E-state index in [1.54, 1.807) is 25.3 Å². The van der Waals surface area contributed by atoms with Gasteiger partial charge in [-0.1, -0.05) is 6.07 Å². The van der Waals surface area contributed by atoms with Gasteiger partial charge < -0.3 is 19.5 Å². The molecule has 0 unspecified atom stereocenters. The van der Waals surface area contributed by atoms with Crippen LogP contribution in [0, 0.1) is 0 Å². The number of carbonyl (C=O) groups is 1. The van der Waals surface area contributed by atoms with Crippen molar-refractivity contribution in [3.63, 3.8) is 0 Å². The number of pyridine rings is 1. The molecule has 0 aromatic carbocycles. The molecule has 0 radical (unpaired) electrons. The molecule has 23 heavy (non-hydrogen) atoms. The third-order valence-corrected chi connectivity index (χ3v) is 3.85. The third kappa shape index (κ3) is 4.56. The Labute approximate surface area is 137 Å². The average molecular weight is 316 g/mol. The van der Waals surface area contributed by atoms with Crippen LogP contribution in [0.2, 0.25) is 0 Å². The number of hydrogen-bond acceptors (Lipinski definition) is 3. The summed E-state index contributed by atoms with van der Waals surface area (Å²) in [7, 11) is 5.38. The smallest absolute Gasteiger partial charge is 0.317 e. The van der Waals surface area contributed by atoms with Gasteiger partial charge in [0.25, 0.3) is 0 Å². The van der Waals surface area contributed by atoms with Gasteiger partial charge in [-0.25, -0.2) is 4.79 Å². The molecule has 124 valence electrons. The summed E-state index contributed by atoms with van der Waals surface area (Å²) in [6, 6.07) is 9.37. The van der Waals surface area contributed by atoms with E-state index in [1.807, 2.05) is 37.5 Å². The summed E-state index contributed by atoms with van der Waals surface area (Å²) in [5.41, 5.74) is 2.00. The summed E-state index contributed by atoms with van der Waals surface area (Å²) in [5.74, 6) is 0. The maximum absolute atomic E-state index is 12.4. The minimum atomic E-state index is -0.212. The number of aryl methyl sites for hydroxylation is 1. The molecule has 0 saturated heterocycles. The van der Waals surface area contributed by atoms with Crippen molar-refractivity contribution in [2.24, 2.45) is 7.05 Å². The van der Waals surface area contributed by atoms with Gasteiger partial charge in [0.05, 0.1) is 18.3 Å². The van der Waals surface area contributed by atoms with E-state index in [-0.39, 0.29) is 12.1 Å². The molecule has 0 saturated carbocycles. The molecule has 0 spiro atoms. The Kier molecular flexibility index (Phi) is 6.17. The fraction of sp³-hybridized carbons (Fsp3) is 0.412. The molecule has 2 aromatic heterocycles. The second-order valence-corrected chi connectivity index (χ2v) is 5.43. The van der Waals surface area contributed by atoms with Crippen LogP contribution in [0.15, 0.2) is 42.7 Å². The van der Waals surface area contributed by atoms with Crippen molar-refractivity contribution < 1.29 is 9.53 Å². The highest BCUT2D eigenvalue weighted by Gasteiger charge is 2.22. The lowest BCUT2D eigenvalue weighted by molar-refractivity contribution is 0.114. The fourth-order valence-corrected chi connectivity index (χ4v) is 2.45. The van der Waals surface area contributed by atoms with Gasteiger partial charge in [0.15, 0.2) is 0 Å². The normalized spacial score (nSPS) is 12.0. The van der Waals surface area contributed by atoms with E-state index in [2.05, 4.69) is 20.9 Å². The molecule has 2 aromatic rings. The van der Waals surface area contributed by atoms with Crippen LogP contribution in [0.25, 0.3) is 0 Å². The quantitative estimate of drug-likeness (QED) is 0.850. The van der Waals surface area contributed by atoms with Gasteiger partial charge in [0.1, 0.15) is 0 Å². The molecule has 2 amide bonds. The minimum Gasteiger partial charge on any atom is -0.382 e. The van der Waals surface area contributed by atoms with Gasteiger partial charge in [-0.2, -0.15) is 0 Å². The number of rotatable bonds is 7. The molecular formula is C17H24N4O2. The largest absolute Gasteiger partial charge is 0.382 e. The Morgan fingerprint density at radius 2 is 2.22 bits per heavy atom. The first kappa shape index (κ1) is 17.0. The molecule has 6 nitrogen and oxygen atoms in total. The van der Waals surface area contributed by atoms with Crippen molar-refractivity contribution in [2.45, 2.75) is 12.5 Å². The van der Waals surface area contributed by atoms with Crippen LogP contribution >= 0.6 is 0 Å². The van der Waals surface area contributed by atoms with Crippen LogP contribution in [0.1, 0.15) is 17.4 Å². The van der Waals surface area contributed by atoms with E-state index in [1.165, 1.54) is 5.69 Å². The predicted molar refractivity (Wildman–Crippen MR) is 89.1 cm³/mol. The van der Waals surface area contributed by atoms with E-state index in [0.29, 0.717) is 13.2 Å². The van der Waals surface area contributed by atoms with Crippen molar-refractivity contribution in [2.75, 3.05) is 27.3 Å². The van der Waals surface area contributed by atoms with Gasteiger partial charge in [0.2, 0.25) is 0 Å². The van der Waals surface area contributed by atoms with Crippen molar-refractivity contribution in [3.05, 3.63) is 54.1 Å². The van der Waals surface area contributed by atoms with Crippen LogP contribution in [0.5, 0.6) is 0 Å². The van der Waals surface area contributed by atoms with Crippen LogP contribution in [-0.2, 0) is 18.2 Å². The summed E-state index contributed by atoms with van der Waals surface area (Å²) >= 11 is 0. The van der Waals surface area contributed by atoms with Gasteiger partial charge in [-0.15, -0.1) is 0 Å².